The second-order valence-electron chi connectivity index (χ2n) is 6.14. The molecule has 1 aliphatic rings. The zero-order valence-electron chi connectivity index (χ0n) is 13.4. The van der Waals surface area contributed by atoms with Gasteiger partial charge in [0.2, 0.25) is 11.8 Å². The highest BCUT2D eigenvalue weighted by atomic mass is 35.5. The third-order valence-electron chi connectivity index (χ3n) is 4.48. The molecule has 1 heterocycles. The molecule has 124 valence electrons. The van der Waals surface area contributed by atoms with E-state index >= 15 is 0 Å². The number of amides is 2. The van der Waals surface area contributed by atoms with E-state index in [4.69, 9.17) is 17.3 Å². The van der Waals surface area contributed by atoms with Crippen molar-refractivity contribution >= 4 is 29.1 Å². The molecule has 0 fully saturated rings. The summed E-state index contributed by atoms with van der Waals surface area (Å²) in [7, 11) is 0. The summed E-state index contributed by atoms with van der Waals surface area (Å²) in [6.07, 6.45) is 0.561. The fourth-order valence-corrected chi connectivity index (χ4v) is 3.45. The topological polar surface area (TPSA) is 63.4 Å². The minimum atomic E-state index is -0.460. The second-order valence-corrected chi connectivity index (χ2v) is 6.58. The van der Waals surface area contributed by atoms with E-state index in [2.05, 4.69) is 0 Å². The van der Waals surface area contributed by atoms with Crippen molar-refractivity contribution in [1.82, 2.24) is 0 Å². The lowest BCUT2D eigenvalue weighted by atomic mass is 9.87. The number of halogens is 1. The summed E-state index contributed by atoms with van der Waals surface area (Å²) in [6, 6.07) is 15.2. The number of nitrogens with zero attached hydrogens (tertiary/aromatic N) is 1. The normalized spacial score (nSPS) is 18.2. The molecular weight excluding hydrogens is 324 g/mol. The van der Waals surface area contributed by atoms with E-state index in [0.29, 0.717) is 11.4 Å². The Morgan fingerprint density at radius 1 is 1.29 bits per heavy atom. The minimum absolute atomic E-state index is 0.0545. The summed E-state index contributed by atoms with van der Waals surface area (Å²) in [6.45, 7) is 1.98. The maximum absolute atomic E-state index is 13.0. The lowest BCUT2D eigenvalue weighted by Gasteiger charge is -2.38. The standard InChI is InChI=1S/C19H19ClN2O2/c1-12(13-5-3-2-4-6-13)22-17-11-16(20)8-7-14(17)9-15(19(22)24)10-18(21)23/h2-8,11-12,15H,9-10H2,1H3,(H2,21,23)/t12-,15-/m0/s1. The predicted molar refractivity (Wildman–Crippen MR) is 94.8 cm³/mol. The summed E-state index contributed by atoms with van der Waals surface area (Å²) in [5, 5.41) is 0.583. The maximum atomic E-state index is 13.0. The smallest absolute Gasteiger partial charge is 0.231 e. The molecule has 0 spiro atoms. The number of carbonyl (C=O) groups excluding carboxylic acids is 2. The molecule has 2 atom stereocenters. The van der Waals surface area contributed by atoms with Crippen LogP contribution in [0.5, 0.6) is 0 Å². The largest absolute Gasteiger partial charge is 0.370 e. The van der Waals surface area contributed by atoms with Crippen LogP contribution < -0.4 is 10.6 Å². The van der Waals surface area contributed by atoms with Crippen molar-refractivity contribution in [2.24, 2.45) is 11.7 Å². The molecule has 24 heavy (non-hydrogen) atoms. The van der Waals surface area contributed by atoms with E-state index in [0.717, 1.165) is 16.8 Å². The molecule has 2 aromatic rings. The first-order chi connectivity index (χ1) is 11.5. The number of anilines is 1. The second kappa shape index (κ2) is 6.65. The van der Waals surface area contributed by atoms with Gasteiger partial charge in [-0.25, -0.2) is 0 Å². The molecule has 0 aromatic heterocycles. The van der Waals surface area contributed by atoms with Gasteiger partial charge in [-0.1, -0.05) is 48.0 Å². The fraction of sp³-hybridized carbons (Fsp3) is 0.263. The van der Waals surface area contributed by atoms with Crippen LogP contribution in [0.3, 0.4) is 0 Å². The van der Waals surface area contributed by atoms with E-state index in [1.54, 1.807) is 4.90 Å². The van der Waals surface area contributed by atoms with Gasteiger partial charge in [0.25, 0.3) is 0 Å². The fourth-order valence-electron chi connectivity index (χ4n) is 3.28. The van der Waals surface area contributed by atoms with Gasteiger partial charge in [0, 0.05) is 17.1 Å². The highest BCUT2D eigenvalue weighted by Gasteiger charge is 2.36. The number of hydrogen-bond donors (Lipinski definition) is 1. The molecule has 2 aromatic carbocycles. The van der Waals surface area contributed by atoms with Crippen molar-refractivity contribution in [1.29, 1.82) is 0 Å². The molecule has 0 unspecified atom stereocenters. The van der Waals surface area contributed by atoms with Gasteiger partial charge in [-0.05, 0) is 36.6 Å². The molecule has 2 N–H and O–H groups in total. The van der Waals surface area contributed by atoms with Crippen LogP contribution in [0, 0.1) is 5.92 Å². The van der Waals surface area contributed by atoms with Crippen molar-refractivity contribution in [3.05, 3.63) is 64.7 Å². The quantitative estimate of drug-likeness (QED) is 0.924. The number of fused-ring (bicyclic) bond motifs is 1. The summed E-state index contributed by atoms with van der Waals surface area (Å²) in [5.74, 6) is -0.972. The molecule has 0 saturated carbocycles. The molecule has 0 aliphatic carbocycles. The van der Waals surface area contributed by atoms with Crippen LogP contribution in [0.2, 0.25) is 5.02 Å². The Morgan fingerprint density at radius 2 is 2.00 bits per heavy atom. The third kappa shape index (κ3) is 3.15. The summed E-state index contributed by atoms with van der Waals surface area (Å²) >= 11 is 6.15. The number of hydrogen-bond acceptors (Lipinski definition) is 2. The molecule has 5 heteroatoms. The van der Waals surface area contributed by atoms with Gasteiger partial charge in [0.05, 0.1) is 12.0 Å². The Kier molecular flexibility index (Phi) is 4.58. The van der Waals surface area contributed by atoms with Crippen LogP contribution in [-0.2, 0) is 16.0 Å². The lowest BCUT2D eigenvalue weighted by Crippen LogP contribution is -2.44. The SMILES string of the molecule is C[C@@H](c1ccccc1)N1C(=O)[C@H](CC(N)=O)Cc2ccc(Cl)cc21. The first-order valence-electron chi connectivity index (χ1n) is 7.92. The van der Waals surface area contributed by atoms with Gasteiger partial charge < -0.3 is 10.6 Å². The van der Waals surface area contributed by atoms with Gasteiger partial charge in [-0.3, -0.25) is 9.59 Å². The molecule has 0 saturated heterocycles. The summed E-state index contributed by atoms with van der Waals surface area (Å²) in [4.78, 5) is 26.1. The number of nitrogens with two attached hydrogens (primary N) is 1. The Hall–Kier alpha value is -2.33. The van der Waals surface area contributed by atoms with Crippen LogP contribution in [0.15, 0.2) is 48.5 Å². The van der Waals surface area contributed by atoms with Gasteiger partial charge in [-0.2, -0.15) is 0 Å². The minimum Gasteiger partial charge on any atom is -0.370 e. The Labute approximate surface area is 146 Å². The Balaban J connectivity index is 2.06. The molecule has 0 bridgehead atoms. The van der Waals surface area contributed by atoms with E-state index in [1.807, 2.05) is 55.5 Å². The van der Waals surface area contributed by atoms with Crippen molar-refractivity contribution in [2.75, 3.05) is 4.90 Å². The van der Waals surface area contributed by atoms with Crippen LogP contribution in [0.4, 0.5) is 5.69 Å². The maximum Gasteiger partial charge on any atom is 0.231 e. The van der Waals surface area contributed by atoms with E-state index < -0.39 is 11.8 Å². The first-order valence-corrected chi connectivity index (χ1v) is 8.30. The zero-order chi connectivity index (χ0) is 17.3. The van der Waals surface area contributed by atoms with Crippen molar-refractivity contribution < 1.29 is 9.59 Å². The molecule has 3 rings (SSSR count). The predicted octanol–water partition coefficient (Wildman–Crippen LogP) is 3.48. The van der Waals surface area contributed by atoms with Crippen LogP contribution >= 0.6 is 11.6 Å². The molecule has 1 aliphatic heterocycles. The molecule has 2 amide bonds. The summed E-state index contributed by atoms with van der Waals surface area (Å²) < 4.78 is 0. The molecule has 0 radical (unpaired) electrons. The van der Waals surface area contributed by atoms with Crippen molar-refractivity contribution in [3.8, 4) is 0 Å². The highest BCUT2D eigenvalue weighted by Crippen LogP contribution is 2.39. The Bertz CT molecular complexity index is 776. The van der Waals surface area contributed by atoms with Gasteiger partial charge in [0.1, 0.15) is 0 Å². The summed E-state index contributed by atoms with van der Waals surface area (Å²) in [5.41, 5.74) is 8.17. The van der Waals surface area contributed by atoms with E-state index in [1.165, 1.54) is 0 Å². The van der Waals surface area contributed by atoms with Gasteiger partial charge in [0.15, 0.2) is 0 Å². The number of carbonyl (C=O) groups is 2. The molecular formula is C19H19ClN2O2. The number of primary amides is 1. The monoisotopic (exact) mass is 342 g/mol. The third-order valence-corrected chi connectivity index (χ3v) is 4.71. The highest BCUT2D eigenvalue weighted by molar-refractivity contribution is 6.31. The van der Waals surface area contributed by atoms with Crippen molar-refractivity contribution in [2.45, 2.75) is 25.8 Å². The van der Waals surface area contributed by atoms with Gasteiger partial charge >= 0.3 is 0 Å². The van der Waals surface area contributed by atoms with E-state index in [9.17, 15) is 9.59 Å². The van der Waals surface area contributed by atoms with Crippen LogP contribution in [0.1, 0.15) is 30.5 Å². The Morgan fingerprint density at radius 3 is 2.67 bits per heavy atom. The van der Waals surface area contributed by atoms with E-state index in [-0.39, 0.29) is 18.4 Å². The zero-order valence-corrected chi connectivity index (χ0v) is 14.2. The average Bonchev–Trinajstić information content (AvgIpc) is 2.56. The number of rotatable bonds is 4. The van der Waals surface area contributed by atoms with Crippen molar-refractivity contribution in [3.63, 3.8) is 0 Å². The van der Waals surface area contributed by atoms with Crippen LogP contribution in [0.25, 0.3) is 0 Å². The number of benzene rings is 2. The van der Waals surface area contributed by atoms with Crippen LogP contribution in [-0.4, -0.2) is 11.8 Å². The average molecular weight is 343 g/mol. The van der Waals surface area contributed by atoms with Gasteiger partial charge in [-0.15, -0.1) is 0 Å². The first kappa shape index (κ1) is 16.5. The molecule has 4 nitrogen and oxygen atoms in total. The lowest BCUT2D eigenvalue weighted by molar-refractivity contribution is -0.128.